The van der Waals surface area contributed by atoms with Crippen LogP contribution >= 0.6 is 0 Å². The van der Waals surface area contributed by atoms with Gasteiger partial charge in [-0.2, -0.15) is 0 Å². The second-order valence-corrected chi connectivity index (χ2v) is 5.56. The Kier molecular flexibility index (Phi) is 5.02. The van der Waals surface area contributed by atoms with Crippen LogP contribution in [0.1, 0.15) is 44.1 Å². The maximum Gasteiger partial charge on any atom is 0.141 e. The summed E-state index contributed by atoms with van der Waals surface area (Å²) in [5.41, 5.74) is 1.81. The van der Waals surface area contributed by atoms with Crippen LogP contribution in [0.5, 0.6) is 0 Å². The highest BCUT2D eigenvalue weighted by molar-refractivity contribution is 5.21. The number of rotatable bonds is 5. The largest absolute Gasteiger partial charge is 0.302 e. The van der Waals surface area contributed by atoms with Crippen molar-refractivity contribution in [2.45, 2.75) is 32.9 Å². The van der Waals surface area contributed by atoms with E-state index in [4.69, 9.17) is 0 Å². The van der Waals surface area contributed by atoms with Crippen LogP contribution in [-0.4, -0.2) is 4.98 Å². The number of nitrogens with one attached hydrogen (secondary N) is 1. The summed E-state index contributed by atoms with van der Waals surface area (Å²) >= 11 is 0. The minimum Gasteiger partial charge on any atom is -0.302 e. The van der Waals surface area contributed by atoms with Crippen molar-refractivity contribution in [1.82, 2.24) is 10.3 Å². The van der Waals surface area contributed by atoms with Gasteiger partial charge in [0.25, 0.3) is 0 Å². The van der Waals surface area contributed by atoms with E-state index < -0.39 is 0 Å². The molecule has 4 heteroatoms. The van der Waals surface area contributed by atoms with Crippen LogP contribution in [0.3, 0.4) is 0 Å². The highest BCUT2D eigenvalue weighted by Gasteiger charge is 2.19. The summed E-state index contributed by atoms with van der Waals surface area (Å²) in [6, 6.07) is 9.64. The van der Waals surface area contributed by atoms with E-state index in [-0.39, 0.29) is 23.7 Å². The average Bonchev–Trinajstić information content (AvgIpc) is 2.46. The van der Waals surface area contributed by atoms with Gasteiger partial charge in [0, 0.05) is 12.1 Å². The first-order valence-corrected chi connectivity index (χ1v) is 7.10. The molecule has 2 unspecified atom stereocenters. The van der Waals surface area contributed by atoms with Gasteiger partial charge in [-0.15, -0.1) is 0 Å². The highest BCUT2D eigenvalue weighted by atomic mass is 19.1. The minimum atomic E-state index is -0.343. The van der Waals surface area contributed by atoms with Gasteiger partial charge >= 0.3 is 0 Å². The quantitative estimate of drug-likeness (QED) is 0.882. The Morgan fingerprint density at radius 1 is 0.905 bits per heavy atom. The Bertz CT molecular complexity index is 564. The molecule has 0 amide bonds. The van der Waals surface area contributed by atoms with Crippen LogP contribution in [0.15, 0.2) is 42.6 Å². The van der Waals surface area contributed by atoms with Crippen molar-refractivity contribution in [3.8, 4) is 0 Å². The molecule has 0 spiro atoms. The van der Waals surface area contributed by atoms with Gasteiger partial charge in [0.15, 0.2) is 0 Å². The Morgan fingerprint density at radius 2 is 1.52 bits per heavy atom. The molecule has 0 bridgehead atoms. The van der Waals surface area contributed by atoms with Gasteiger partial charge in [-0.05, 0) is 42.7 Å². The van der Waals surface area contributed by atoms with Crippen molar-refractivity contribution in [3.05, 3.63) is 65.5 Å². The van der Waals surface area contributed by atoms with Crippen molar-refractivity contribution < 1.29 is 8.78 Å². The Hall–Kier alpha value is -1.81. The fraction of sp³-hybridized carbons (Fsp3) is 0.353. The molecule has 2 nitrogen and oxygen atoms in total. The van der Waals surface area contributed by atoms with Crippen molar-refractivity contribution >= 4 is 0 Å². The molecule has 21 heavy (non-hydrogen) atoms. The summed E-state index contributed by atoms with van der Waals surface area (Å²) in [6.07, 6.45) is 1.22. The van der Waals surface area contributed by atoms with E-state index in [1.165, 1.54) is 24.4 Å². The molecule has 0 fully saturated rings. The lowest BCUT2D eigenvalue weighted by Gasteiger charge is -2.26. The van der Waals surface area contributed by atoms with Crippen LogP contribution < -0.4 is 5.32 Å². The Labute approximate surface area is 124 Å². The Morgan fingerprint density at radius 3 is 2.05 bits per heavy atom. The van der Waals surface area contributed by atoms with Gasteiger partial charge in [0.05, 0.1) is 11.9 Å². The first kappa shape index (κ1) is 15.6. The molecule has 2 aromatic rings. The van der Waals surface area contributed by atoms with Crippen molar-refractivity contribution in [2.75, 3.05) is 0 Å². The number of hydrogen-bond donors (Lipinski definition) is 1. The standard InChI is InChI=1S/C17H20F2N2/c1-11(2)17(13-4-6-14(18)7-5-13)21-12(3)16-9-8-15(19)10-20-16/h4-12,17,21H,1-3H3. The maximum atomic E-state index is 13.1. The lowest BCUT2D eigenvalue weighted by Crippen LogP contribution is -2.29. The molecule has 0 saturated carbocycles. The molecular formula is C17H20F2N2. The third-order valence-corrected chi connectivity index (χ3v) is 3.52. The zero-order valence-corrected chi connectivity index (χ0v) is 12.5. The van der Waals surface area contributed by atoms with Crippen molar-refractivity contribution in [1.29, 1.82) is 0 Å². The van der Waals surface area contributed by atoms with Gasteiger partial charge in [0.1, 0.15) is 11.6 Å². The number of nitrogens with zero attached hydrogens (tertiary/aromatic N) is 1. The fourth-order valence-electron chi connectivity index (χ4n) is 2.34. The average molecular weight is 290 g/mol. The summed E-state index contributed by atoms with van der Waals surface area (Å²) in [4.78, 5) is 4.10. The molecule has 112 valence electrons. The van der Waals surface area contributed by atoms with E-state index in [2.05, 4.69) is 24.1 Å². The van der Waals surface area contributed by atoms with Crippen molar-refractivity contribution in [3.63, 3.8) is 0 Å². The van der Waals surface area contributed by atoms with Gasteiger partial charge in [-0.3, -0.25) is 4.98 Å². The second-order valence-electron chi connectivity index (χ2n) is 5.56. The molecule has 0 aliphatic heterocycles. The summed E-state index contributed by atoms with van der Waals surface area (Å²) in [7, 11) is 0. The normalized spacial score (nSPS) is 14.2. The number of pyridine rings is 1. The molecule has 1 aromatic carbocycles. The molecule has 0 aliphatic carbocycles. The van der Waals surface area contributed by atoms with E-state index >= 15 is 0 Å². The first-order chi connectivity index (χ1) is 9.97. The minimum absolute atomic E-state index is 0.0250. The molecule has 0 saturated heterocycles. The number of aromatic nitrogens is 1. The molecule has 1 N–H and O–H groups in total. The summed E-state index contributed by atoms with van der Waals surface area (Å²) in [5, 5.41) is 3.48. The third-order valence-electron chi connectivity index (χ3n) is 3.52. The molecule has 1 heterocycles. The van der Waals surface area contributed by atoms with Crippen LogP contribution in [0, 0.1) is 17.6 Å². The number of hydrogen-bond acceptors (Lipinski definition) is 2. The van der Waals surface area contributed by atoms with Gasteiger partial charge < -0.3 is 5.32 Å². The smallest absolute Gasteiger partial charge is 0.141 e. The topological polar surface area (TPSA) is 24.9 Å². The summed E-state index contributed by atoms with van der Waals surface area (Å²) < 4.78 is 26.0. The molecule has 1 aromatic heterocycles. The predicted molar refractivity (Wildman–Crippen MR) is 79.7 cm³/mol. The lowest BCUT2D eigenvalue weighted by molar-refractivity contribution is 0.370. The van der Waals surface area contributed by atoms with Crippen LogP contribution in [0.2, 0.25) is 0 Å². The van der Waals surface area contributed by atoms with Gasteiger partial charge in [-0.1, -0.05) is 26.0 Å². The molecule has 0 aliphatic rings. The lowest BCUT2D eigenvalue weighted by atomic mass is 9.95. The van der Waals surface area contributed by atoms with E-state index in [0.717, 1.165) is 11.3 Å². The van der Waals surface area contributed by atoms with Crippen LogP contribution in [-0.2, 0) is 0 Å². The third kappa shape index (κ3) is 4.08. The van der Waals surface area contributed by atoms with Gasteiger partial charge in [-0.25, -0.2) is 8.78 Å². The number of benzene rings is 1. The molecule has 0 radical (unpaired) electrons. The molecule has 2 rings (SSSR count). The zero-order chi connectivity index (χ0) is 15.4. The number of halogens is 2. The highest BCUT2D eigenvalue weighted by Crippen LogP contribution is 2.25. The molecular weight excluding hydrogens is 270 g/mol. The summed E-state index contributed by atoms with van der Waals surface area (Å²) in [5.74, 6) is -0.252. The van der Waals surface area contributed by atoms with E-state index in [9.17, 15) is 8.78 Å². The SMILES string of the molecule is CC(NC(c1ccc(F)cc1)C(C)C)c1ccc(F)cn1. The Balaban J connectivity index is 2.16. The summed E-state index contributed by atoms with van der Waals surface area (Å²) in [6.45, 7) is 6.19. The zero-order valence-electron chi connectivity index (χ0n) is 12.5. The first-order valence-electron chi connectivity index (χ1n) is 7.10. The fourth-order valence-corrected chi connectivity index (χ4v) is 2.34. The molecule has 2 atom stereocenters. The van der Waals surface area contributed by atoms with Crippen LogP contribution in [0.25, 0.3) is 0 Å². The van der Waals surface area contributed by atoms with Crippen LogP contribution in [0.4, 0.5) is 8.78 Å². The van der Waals surface area contributed by atoms with Crippen molar-refractivity contribution in [2.24, 2.45) is 5.92 Å². The van der Waals surface area contributed by atoms with E-state index in [1.54, 1.807) is 18.2 Å². The van der Waals surface area contributed by atoms with Gasteiger partial charge in [0.2, 0.25) is 0 Å². The predicted octanol–water partition coefficient (Wildman–Crippen LogP) is 4.41. The monoisotopic (exact) mass is 290 g/mol. The van der Waals surface area contributed by atoms with E-state index in [0.29, 0.717) is 5.92 Å². The van der Waals surface area contributed by atoms with E-state index in [1.807, 2.05) is 6.92 Å². The second kappa shape index (κ2) is 6.76. The maximum absolute atomic E-state index is 13.1.